The lowest BCUT2D eigenvalue weighted by atomic mass is 10.3. The van der Waals surface area contributed by atoms with Crippen LogP contribution in [0.15, 0.2) is 23.1 Å². The van der Waals surface area contributed by atoms with Crippen LogP contribution in [0, 0.1) is 0 Å². The predicted octanol–water partition coefficient (Wildman–Crippen LogP) is 1.05. The molecule has 0 atom stereocenters. The zero-order valence-corrected chi connectivity index (χ0v) is 9.43. The van der Waals surface area contributed by atoms with E-state index in [4.69, 9.17) is 16.7 Å². The summed E-state index contributed by atoms with van der Waals surface area (Å²) in [6.07, 6.45) is 0. The summed E-state index contributed by atoms with van der Waals surface area (Å²) in [6, 6.07) is 4.45. The minimum atomic E-state index is -3.70. The van der Waals surface area contributed by atoms with Crippen LogP contribution >= 0.6 is 11.6 Å². The molecule has 0 aliphatic rings. The Morgan fingerprint density at radius 3 is 2.36 bits per heavy atom. The predicted molar refractivity (Wildman–Crippen MR) is 57.2 cm³/mol. The second-order valence-corrected chi connectivity index (χ2v) is 5.02. The molecule has 0 saturated heterocycles. The zero-order valence-electron chi connectivity index (χ0n) is 7.86. The molecule has 2 N–H and O–H groups in total. The number of benzene rings is 1. The average molecular weight is 235 g/mol. The number of nitrogens with zero attached hydrogens (tertiary/aromatic N) is 1. The van der Waals surface area contributed by atoms with Gasteiger partial charge in [0, 0.05) is 19.1 Å². The van der Waals surface area contributed by atoms with Gasteiger partial charge >= 0.3 is 0 Å². The third-order valence-electron chi connectivity index (χ3n) is 1.71. The van der Waals surface area contributed by atoms with Crippen molar-refractivity contribution >= 4 is 27.3 Å². The maximum Gasteiger partial charge on any atom is 0.240 e. The van der Waals surface area contributed by atoms with Crippen molar-refractivity contribution in [3.63, 3.8) is 0 Å². The lowest BCUT2D eigenvalue weighted by molar-refractivity contribution is 0.597. The number of hydrogen-bond donors (Lipinski definition) is 1. The Morgan fingerprint density at radius 1 is 1.36 bits per heavy atom. The summed E-state index contributed by atoms with van der Waals surface area (Å²) < 4.78 is 22.4. The van der Waals surface area contributed by atoms with E-state index in [9.17, 15) is 8.42 Å². The van der Waals surface area contributed by atoms with Gasteiger partial charge in [-0.3, -0.25) is 0 Å². The summed E-state index contributed by atoms with van der Waals surface area (Å²) in [6.45, 7) is 0. The monoisotopic (exact) mass is 234 g/mol. The molecule has 0 spiro atoms. The molecule has 0 aliphatic heterocycles. The van der Waals surface area contributed by atoms with Gasteiger partial charge in [0.1, 0.15) is 4.90 Å². The van der Waals surface area contributed by atoms with Crippen LogP contribution in [-0.2, 0) is 10.0 Å². The molecule has 0 saturated carbocycles. The molecule has 0 fully saturated rings. The highest BCUT2D eigenvalue weighted by Crippen LogP contribution is 2.26. The number of hydrogen-bond acceptors (Lipinski definition) is 3. The summed E-state index contributed by atoms with van der Waals surface area (Å²) in [5, 5.41) is 5.52. The van der Waals surface area contributed by atoms with E-state index >= 15 is 0 Å². The summed E-state index contributed by atoms with van der Waals surface area (Å²) in [4.78, 5) is 1.72. The van der Waals surface area contributed by atoms with Crippen LogP contribution in [0.1, 0.15) is 0 Å². The number of halogens is 1. The molecule has 1 rings (SSSR count). The smallest absolute Gasteiger partial charge is 0.240 e. The largest absolute Gasteiger partial charge is 0.377 e. The minimum Gasteiger partial charge on any atom is -0.377 e. The summed E-state index contributed by atoms with van der Waals surface area (Å²) >= 11 is 5.75. The van der Waals surface area contributed by atoms with E-state index in [-0.39, 0.29) is 4.90 Å². The number of rotatable bonds is 2. The SMILES string of the molecule is CN(C)c1cc(Cl)ccc1S(N)(=O)=O. The van der Waals surface area contributed by atoms with Gasteiger partial charge in [-0.15, -0.1) is 0 Å². The molecule has 0 bridgehead atoms. The Morgan fingerprint density at radius 2 is 1.93 bits per heavy atom. The normalized spacial score (nSPS) is 11.4. The van der Waals surface area contributed by atoms with Gasteiger partial charge in [-0.25, -0.2) is 13.6 Å². The summed E-state index contributed by atoms with van der Waals surface area (Å²) in [7, 11) is -0.250. The maximum atomic E-state index is 11.2. The Balaban J connectivity index is 3.45. The van der Waals surface area contributed by atoms with Gasteiger partial charge in [-0.05, 0) is 18.2 Å². The second-order valence-electron chi connectivity index (χ2n) is 3.05. The molecule has 6 heteroatoms. The Bertz CT molecular complexity index is 443. The van der Waals surface area contributed by atoms with E-state index in [2.05, 4.69) is 0 Å². The molecule has 0 amide bonds. The van der Waals surface area contributed by atoms with E-state index in [0.29, 0.717) is 10.7 Å². The van der Waals surface area contributed by atoms with E-state index < -0.39 is 10.0 Å². The fourth-order valence-corrected chi connectivity index (χ4v) is 2.04. The van der Waals surface area contributed by atoms with Gasteiger partial charge in [-0.1, -0.05) is 11.6 Å². The Labute approximate surface area is 88.3 Å². The summed E-state index contributed by atoms with van der Waals surface area (Å²) in [5.41, 5.74) is 0.486. The van der Waals surface area contributed by atoms with E-state index in [1.807, 2.05) is 0 Å². The highest BCUT2D eigenvalue weighted by Gasteiger charge is 2.15. The highest BCUT2D eigenvalue weighted by atomic mass is 35.5. The van der Waals surface area contributed by atoms with Crippen LogP contribution in [0.5, 0.6) is 0 Å². The van der Waals surface area contributed by atoms with Gasteiger partial charge in [0.15, 0.2) is 0 Å². The number of nitrogens with two attached hydrogens (primary N) is 1. The molecule has 0 heterocycles. The van der Waals surface area contributed by atoms with Gasteiger partial charge in [0.2, 0.25) is 10.0 Å². The molecule has 1 aromatic rings. The van der Waals surface area contributed by atoms with E-state index in [0.717, 1.165) is 0 Å². The van der Waals surface area contributed by atoms with Crippen molar-refractivity contribution in [1.82, 2.24) is 0 Å². The molecule has 14 heavy (non-hydrogen) atoms. The third-order valence-corrected chi connectivity index (χ3v) is 2.90. The molecule has 0 aromatic heterocycles. The first kappa shape index (κ1) is 11.3. The topological polar surface area (TPSA) is 63.4 Å². The number of primary sulfonamides is 1. The molecule has 4 nitrogen and oxygen atoms in total. The molecule has 0 unspecified atom stereocenters. The lowest BCUT2D eigenvalue weighted by Gasteiger charge is -2.16. The number of anilines is 1. The Hall–Kier alpha value is -0.780. The first-order chi connectivity index (χ1) is 6.32. The van der Waals surface area contributed by atoms with Crippen molar-refractivity contribution in [2.75, 3.05) is 19.0 Å². The van der Waals surface area contributed by atoms with Gasteiger partial charge < -0.3 is 4.90 Å². The van der Waals surface area contributed by atoms with Crippen LogP contribution in [-0.4, -0.2) is 22.5 Å². The van der Waals surface area contributed by atoms with Gasteiger partial charge in [-0.2, -0.15) is 0 Å². The van der Waals surface area contributed by atoms with Gasteiger partial charge in [0.05, 0.1) is 5.69 Å². The fourth-order valence-electron chi connectivity index (χ4n) is 1.08. The van der Waals surface area contributed by atoms with Gasteiger partial charge in [0.25, 0.3) is 0 Å². The number of sulfonamides is 1. The molecule has 0 radical (unpaired) electrons. The average Bonchev–Trinajstić information content (AvgIpc) is 2.01. The second kappa shape index (κ2) is 3.76. The van der Waals surface area contributed by atoms with Crippen molar-refractivity contribution in [3.8, 4) is 0 Å². The van der Waals surface area contributed by atoms with Crippen molar-refractivity contribution in [1.29, 1.82) is 0 Å². The van der Waals surface area contributed by atoms with Crippen molar-refractivity contribution in [3.05, 3.63) is 23.2 Å². The molecular formula is C8H11ClN2O2S. The fraction of sp³-hybridized carbons (Fsp3) is 0.250. The quantitative estimate of drug-likeness (QED) is 0.832. The van der Waals surface area contributed by atoms with Crippen LogP contribution < -0.4 is 10.0 Å². The minimum absolute atomic E-state index is 0.0758. The Kier molecular flexibility index (Phi) is 3.04. The first-order valence-electron chi connectivity index (χ1n) is 3.82. The summed E-state index contributed by atoms with van der Waals surface area (Å²) in [5.74, 6) is 0. The van der Waals surface area contributed by atoms with Crippen molar-refractivity contribution in [2.45, 2.75) is 4.90 Å². The molecule has 78 valence electrons. The highest BCUT2D eigenvalue weighted by molar-refractivity contribution is 7.89. The lowest BCUT2D eigenvalue weighted by Crippen LogP contribution is -2.18. The van der Waals surface area contributed by atoms with Crippen molar-refractivity contribution in [2.24, 2.45) is 5.14 Å². The molecular weight excluding hydrogens is 224 g/mol. The molecule has 1 aromatic carbocycles. The van der Waals surface area contributed by atoms with Crippen LogP contribution in [0.4, 0.5) is 5.69 Å². The maximum absolute atomic E-state index is 11.2. The standard InChI is InChI=1S/C8H11ClN2O2S/c1-11(2)7-5-6(9)3-4-8(7)14(10,12)13/h3-5H,1-2H3,(H2,10,12,13). The van der Waals surface area contributed by atoms with E-state index in [1.165, 1.54) is 12.1 Å². The zero-order chi connectivity index (χ0) is 10.9. The van der Waals surface area contributed by atoms with Crippen LogP contribution in [0.2, 0.25) is 5.02 Å². The third kappa shape index (κ3) is 2.37. The van der Waals surface area contributed by atoms with E-state index in [1.54, 1.807) is 25.1 Å². The molecule has 0 aliphatic carbocycles. The van der Waals surface area contributed by atoms with Crippen molar-refractivity contribution < 1.29 is 8.42 Å². The van der Waals surface area contributed by atoms with Crippen LogP contribution in [0.25, 0.3) is 0 Å². The first-order valence-corrected chi connectivity index (χ1v) is 5.74. The van der Waals surface area contributed by atoms with Crippen LogP contribution in [0.3, 0.4) is 0 Å².